The van der Waals surface area contributed by atoms with Gasteiger partial charge in [-0.05, 0) is 42.8 Å². The second-order valence-electron chi connectivity index (χ2n) is 6.01. The molecule has 3 rings (SSSR count). The van der Waals surface area contributed by atoms with E-state index in [0.29, 0.717) is 11.3 Å². The van der Waals surface area contributed by atoms with Crippen LogP contribution in [0.4, 0.5) is 17.1 Å². The first kappa shape index (κ1) is 17.3. The second-order valence-corrected chi connectivity index (χ2v) is 6.01. The molecule has 2 aromatic carbocycles. The number of ketones is 1. The molecule has 1 heterocycles. The van der Waals surface area contributed by atoms with Crippen LogP contribution in [0.2, 0.25) is 0 Å². The number of benzene rings is 2. The van der Waals surface area contributed by atoms with Gasteiger partial charge in [0.25, 0.3) is 5.69 Å². The number of hydrogen-bond donors (Lipinski definition) is 1. The smallest absolute Gasteiger partial charge is 0.293 e. The molecule has 0 unspecified atom stereocenters. The number of nitro benzene ring substituents is 1. The number of carbonyl (C=O) groups excluding carboxylic acids is 1. The normalized spacial score (nSPS) is 10.4. The Hall–Kier alpha value is -3.54. The highest BCUT2D eigenvalue weighted by Crippen LogP contribution is 2.30. The standard InChI is InChI=1S/C20H17N3O3/c1-14(24)15-8-9-19(20(12-15)23(25)26)21-18-7-3-5-16(11-18)17-6-4-10-22(2)13-17/h3-13H,1-2H3/p+1. The maximum absolute atomic E-state index is 11.5. The number of aromatic nitrogens is 1. The van der Waals surface area contributed by atoms with Gasteiger partial charge in [0.1, 0.15) is 12.7 Å². The van der Waals surface area contributed by atoms with E-state index in [4.69, 9.17) is 0 Å². The van der Waals surface area contributed by atoms with Crippen molar-refractivity contribution in [2.45, 2.75) is 6.92 Å². The van der Waals surface area contributed by atoms with Crippen molar-refractivity contribution in [3.05, 3.63) is 82.7 Å². The Labute approximate surface area is 150 Å². The van der Waals surface area contributed by atoms with Gasteiger partial charge in [-0.3, -0.25) is 14.9 Å². The highest BCUT2D eigenvalue weighted by Gasteiger charge is 2.16. The molecule has 0 bridgehead atoms. The first-order chi connectivity index (χ1) is 12.4. The molecule has 1 N–H and O–H groups in total. The summed E-state index contributed by atoms with van der Waals surface area (Å²) in [6, 6.07) is 16.0. The zero-order chi connectivity index (χ0) is 18.7. The van der Waals surface area contributed by atoms with Gasteiger partial charge < -0.3 is 5.32 Å². The fourth-order valence-corrected chi connectivity index (χ4v) is 2.70. The van der Waals surface area contributed by atoms with E-state index in [-0.39, 0.29) is 11.5 Å². The van der Waals surface area contributed by atoms with E-state index >= 15 is 0 Å². The van der Waals surface area contributed by atoms with Crippen molar-refractivity contribution in [3.8, 4) is 11.1 Å². The average molecular weight is 348 g/mol. The lowest BCUT2D eigenvalue weighted by Gasteiger charge is -2.09. The predicted molar refractivity (Wildman–Crippen MR) is 99.4 cm³/mol. The fraction of sp³-hybridized carbons (Fsp3) is 0.100. The van der Waals surface area contributed by atoms with Crippen molar-refractivity contribution >= 4 is 22.8 Å². The van der Waals surface area contributed by atoms with Crippen LogP contribution in [0.3, 0.4) is 0 Å². The van der Waals surface area contributed by atoms with E-state index in [1.54, 1.807) is 12.1 Å². The number of nitrogens with one attached hydrogen (secondary N) is 1. The third kappa shape index (κ3) is 3.75. The van der Waals surface area contributed by atoms with Gasteiger partial charge in [0.2, 0.25) is 0 Å². The molecule has 0 atom stereocenters. The predicted octanol–water partition coefficient (Wildman–Crippen LogP) is 4.03. The van der Waals surface area contributed by atoms with Crippen LogP contribution < -0.4 is 9.88 Å². The third-order valence-electron chi connectivity index (χ3n) is 4.02. The van der Waals surface area contributed by atoms with Gasteiger partial charge in [-0.25, -0.2) is 4.57 Å². The monoisotopic (exact) mass is 348 g/mol. The number of Topliss-reactive ketones (excluding diaryl/α,β-unsaturated/α-hetero) is 1. The summed E-state index contributed by atoms with van der Waals surface area (Å²) in [6.07, 6.45) is 3.95. The first-order valence-corrected chi connectivity index (χ1v) is 8.06. The van der Waals surface area contributed by atoms with Gasteiger partial charge in [0, 0.05) is 28.9 Å². The summed E-state index contributed by atoms with van der Waals surface area (Å²) in [4.78, 5) is 22.3. The van der Waals surface area contributed by atoms with Gasteiger partial charge in [0.15, 0.2) is 18.2 Å². The molecule has 0 aliphatic rings. The van der Waals surface area contributed by atoms with Crippen molar-refractivity contribution in [3.63, 3.8) is 0 Å². The van der Waals surface area contributed by atoms with E-state index < -0.39 is 4.92 Å². The Kier molecular flexibility index (Phi) is 4.75. The van der Waals surface area contributed by atoms with Crippen LogP contribution in [0.5, 0.6) is 0 Å². The zero-order valence-electron chi connectivity index (χ0n) is 14.5. The van der Waals surface area contributed by atoms with Crippen LogP contribution in [-0.2, 0) is 7.05 Å². The molecule has 0 radical (unpaired) electrons. The third-order valence-corrected chi connectivity index (χ3v) is 4.02. The lowest BCUT2D eigenvalue weighted by Crippen LogP contribution is -2.26. The van der Waals surface area contributed by atoms with Gasteiger partial charge >= 0.3 is 0 Å². The van der Waals surface area contributed by atoms with Gasteiger partial charge in [-0.1, -0.05) is 12.1 Å². The van der Waals surface area contributed by atoms with E-state index in [1.165, 1.54) is 13.0 Å². The van der Waals surface area contributed by atoms with Crippen molar-refractivity contribution < 1.29 is 14.3 Å². The van der Waals surface area contributed by atoms with Gasteiger partial charge in [-0.15, -0.1) is 0 Å². The number of hydrogen-bond acceptors (Lipinski definition) is 4. The maximum Gasteiger partial charge on any atom is 0.293 e. The molecule has 1 aromatic heterocycles. The van der Waals surface area contributed by atoms with E-state index in [1.807, 2.05) is 60.4 Å². The summed E-state index contributed by atoms with van der Waals surface area (Å²) in [5.41, 5.74) is 3.29. The lowest BCUT2D eigenvalue weighted by molar-refractivity contribution is -0.671. The average Bonchev–Trinajstić information content (AvgIpc) is 2.62. The molecule has 0 spiro atoms. The summed E-state index contributed by atoms with van der Waals surface area (Å²) in [5.74, 6) is -0.210. The Balaban J connectivity index is 1.96. The molecular weight excluding hydrogens is 330 g/mol. The SMILES string of the molecule is CC(=O)c1ccc(Nc2cccc(-c3ccc[n+](C)c3)c2)c([N+](=O)[O-])c1. The summed E-state index contributed by atoms with van der Waals surface area (Å²) in [5, 5.41) is 14.4. The number of nitrogens with zero attached hydrogens (tertiary/aromatic N) is 2. The van der Waals surface area contributed by atoms with Crippen LogP contribution in [-0.4, -0.2) is 10.7 Å². The molecule has 26 heavy (non-hydrogen) atoms. The number of pyridine rings is 1. The molecule has 3 aromatic rings. The highest BCUT2D eigenvalue weighted by molar-refractivity contribution is 5.95. The van der Waals surface area contributed by atoms with Crippen LogP contribution in [0.1, 0.15) is 17.3 Å². The second kappa shape index (κ2) is 7.14. The van der Waals surface area contributed by atoms with Crippen LogP contribution in [0, 0.1) is 10.1 Å². The van der Waals surface area contributed by atoms with Crippen molar-refractivity contribution in [2.75, 3.05) is 5.32 Å². The number of nitro groups is 1. The molecule has 0 aliphatic carbocycles. The molecule has 130 valence electrons. The molecule has 0 aliphatic heterocycles. The fourth-order valence-electron chi connectivity index (χ4n) is 2.70. The minimum Gasteiger partial charge on any atom is -0.350 e. The topological polar surface area (TPSA) is 76.1 Å². The minimum atomic E-state index is -0.490. The molecular formula is C20H18N3O3+. The molecule has 0 saturated heterocycles. The molecule has 6 heteroatoms. The van der Waals surface area contributed by atoms with Crippen molar-refractivity contribution in [2.24, 2.45) is 7.05 Å². The molecule has 0 saturated carbocycles. The summed E-state index contributed by atoms with van der Waals surface area (Å²) in [7, 11) is 1.95. The summed E-state index contributed by atoms with van der Waals surface area (Å²) < 4.78 is 1.96. The molecule has 6 nitrogen and oxygen atoms in total. The summed E-state index contributed by atoms with van der Waals surface area (Å²) >= 11 is 0. The van der Waals surface area contributed by atoms with E-state index in [2.05, 4.69) is 5.32 Å². The van der Waals surface area contributed by atoms with Crippen molar-refractivity contribution in [1.82, 2.24) is 0 Å². The Morgan fingerprint density at radius 1 is 1.08 bits per heavy atom. The van der Waals surface area contributed by atoms with Crippen molar-refractivity contribution in [1.29, 1.82) is 0 Å². The lowest BCUT2D eigenvalue weighted by atomic mass is 10.1. The van der Waals surface area contributed by atoms with Crippen LogP contribution in [0.15, 0.2) is 67.0 Å². The number of anilines is 2. The van der Waals surface area contributed by atoms with Gasteiger partial charge in [-0.2, -0.15) is 0 Å². The minimum absolute atomic E-state index is 0.130. The highest BCUT2D eigenvalue weighted by atomic mass is 16.6. The Morgan fingerprint density at radius 2 is 1.85 bits per heavy atom. The van der Waals surface area contributed by atoms with Crippen LogP contribution in [0.25, 0.3) is 11.1 Å². The van der Waals surface area contributed by atoms with E-state index in [9.17, 15) is 14.9 Å². The largest absolute Gasteiger partial charge is 0.350 e. The summed E-state index contributed by atoms with van der Waals surface area (Å²) in [6.45, 7) is 1.38. The first-order valence-electron chi connectivity index (χ1n) is 8.06. The number of aryl methyl sites for hydroxylation is 1. The molecule has 0 amide bonds. The maximum atomic E-state index is 11.5. The van der Waals surface area contributed by atoms with Gasteiger partial charge in [0.05, 0.1) is 4.92 Å². The van der Waals surface area contributed by atoms with E-state index in [0.717, 1.165) is 16.8 Å². The Morgan fingerprint density at radius 3 is 2.54 bits per heavy atom. The van der Waals surface area contributed by atoms with Crippen LogP contribution >= 0.6 is 0 Å². The number of rotatable bonds is 5. The Bertz CT molecular complexity index is 999. The number of carbonyl (C=O) groups is 1. The molecule has 0 fully saturated rings. The quantitative estimate of drug-likeness (QED) is 0.327. The zero-order valence-corrected chi connectivity index (χ0v) is 14.5.